The summed E-state index contributed by atoms with van der Waals surface area (Å²) in [5.74, 6) is 0.854. The monoisotopic (exact) mass is 198 g/mol. The van der Waals surface area contributed by atoms with Gasteiger partial charge in [0.2, 0.25) is 0 Å². The highest BCUT2D eigenvalue weighted by molar-refractivity contribution is 7.95. The van der Waals surface area contributed by atoms with Gasteiger partial charge < -0.3 is 8.60 Å². The van der Waals surface area contributed by atoms with Gasteiger partial charge in [-0.1, -0.05) is 13.8 Å². The lowest BCUT2D eigenvalue weighted by molar-refractivity contribution is 0.559. The molecule has 0 aliphatic heterocycles. The molecule has 72 valence electrons. The molecule has 0 radical (unpaired) electrons. The minimum absolute atomic E-state index is 0.460. The van der Waals surface area contributed by atoms with Crippen molar-refractivity contribution < 1.29 is 8.60 Å². The number of hydrogen-bond donors (Lipinski definition) is 0. The fraction of sp³-hybridized carbons (Fsp3) is 0.400. The summed E-state index contributed by atoms with van der Waals surface area (Å²) in [4.78, 5) is 0. The van der Waals surface area contributed by atoms with E-state index < -0.39 is 0 Å². The van der Waals surface area contributed by atoms with Crippen LogP contribution in [0.4, 0.5) is 0 Å². The van der Waals surface area contributed by atoms with E-state index in [1.54, 1.807) is 12.5 Å². The van der Waals surface area contributed by atoms with Crippen LogP contribution in [0.15, 0.2) is 29.1 Å². The Hall–Kier alpha value is -0.830. The van der Waals surface area contributed by atoms with Gasteiger partial charge in [0.15, 0.2) is 0 Å². The first kappa shape index (κ1) is 10.3. The number of furan rings is 1. The normalized spacial score (nSPS) is 12.2. The molecule has 0 spiro atoms. The zero-order valence-electron chi connectivity index (χ0n) is 8.11. The highest BCUT2D eigenvalue weighted by atomic mass is 32.2. The van der Waals surface area contributed by atoms with Crippen LogP contribution in [0.25, 0.3) is 5.76 Å². The summed E-state index contributed by atoms with van der Waals surface area (Å²) >= 11 is 1.45. The minimum Gasteiger partial charge on any atom is -0.472 e. The van der Waals surface area contributed by atoms with Crippen LogP contribution in [0.1, 0.15) is 26.3 Å². The van der Waals surface area contributed by atoms with Gasteiger partial charge in [0.05, 0.1) is 23.9 Å². The largest absolute Gasteiger partial charge is 0.472 e. The van der Waals surface area contributed by atoms with E-state index in [-0.39, 0.29) is 0 Å². The third kappa shape index (κ3) is 3.19. The maximum absolute atomic E-state index is 5.51. The standard InChI is InChI=1S/C10H14O2S/c1-4-10(12-13-8(2)3)9-5-6-11-7-9/h4-8H,1-3H3. The first-order valence-corrected chi connectivity index (χ1v) is 5.06. The van der Waals surface area contributed by atoms with Crippen molar-refractivity contribution in [2.24, 2.45) is 0 Å². The van der Waals surface area contributed by atoms with Crippen molar-refractivity contribution in [2.45, 2.75) is 26.0 Å². The van der Waals surface area contributed by atoms with Crippen LogP contribution in [-0.2, 0) is 4.18 Å². The van der Waals surface area contributed by atoms with E-state index in [0.717, 1.165) is 11.3 Å². The highest BCUT2D eigenvalue weighted by Crippen LogP contribution is 2.24. The van der Waals surface area contributed by atoms with E-state index in [0.29, 0.717) is 5.25 Å². The summed E-state index contributed by atoms with van der Waals surface area (Å²) in [6.45, 7) is 6.13. The molecule has 0 amide bonds. The van der Waals surface area contributed by atoms with Crippen molar-refractivity contribution in [2.75, 3.05) is 0 Å². The molecule has 0 saturated carbocycles. The predicted molar refractivity (Wildman–Crippen MR) is 56.2 cm³/mol. The van der Waals surface area contributed by atoms with Gasteiger partial charge in [-0.2, -0.15) is 0 Å². The van der Waals surface area contributed by atoms with Gasteiger partial charge in [-0.3, -0.25) is 0 Å². The summed E-state index contributed by atoms with van der Waals surface area (Å²) in [6, 6.07) is 1.89. The summed E-state index contributed by atoms with van der Waals surface area (Å²) in [6.07, 6.45) is 5.25. The van der Waals surface area contributed by atoms with Gasteiger partial charge in [0.1, 0.15) is 12.0 Å². The number of hydrogen-bond acceptors (Lipinski definition) is 3. The molecule has 13 heavy (non-hydrogen) atoms. The third-order valence-corrected chi connectivity index (χ3v) is 2.06. The van der Waals surface area contributed by atoms with Gasteiger partial charge in [-0.25, -0.2) is 0 Å². The quantitative estimate of drug-likeness (QED) is 0.544. The fourth-order valence-corrected chi connectivity index (χ4v) is 1.30. The van der Waals surface area contributed by atoms with Crippen molar-refractivity contribution in [3.8, 4) is 0 Å². The Bertz CT molecular complexity index is 262. The molecule has 1 heterocycles. The van der Waals surface area contributed by atoms with Crippen molar-refractivity contribution in [3.63, 3.8) is 0 Å². The van der Waals surface area contributed by atoms with Gasteiger partial charge in [-0.05, 0) is 19.1 Å². The highest BCUT2D eigenvalue weighted by Gasteiger charge is 2.05. The first-order chi connectivity index (χ1) is 6.24. The maximum atomic E-state index is 5.51. The van der Waals surface area contributed by atoms with Crippen LogP contribution in [-0.4, -0.2) is 5.25 Å². The smallest absolute Gasteiger partial charge is 0.143 e. The summed E-state index contributed by atoms with van der Waals surface area (Å²) in [5.41, 5.74) is 0.982. The number of rotatable bonds is 4. The van der Waals surface area contributed by atoms with Crippen molar-refractivity contribution >= 4 is 17.8 Å². The molecule has 0 aliphatic carbocycles. The average Bonchev–Trinajstić information content (AvgIpc) is 2.58. The van der Waals surface area contributed by atoms with E-state index in [9.17, 15) is 0 Å². The molecule has 0 unspecified atom stereocenters. The van der Waals surface area contributed by atoms with Crippen LogP contribution in [0.3, 0.4) is 0 Å². The fourth-order valence-electron chi connectivity index (χ4n) is 0.816. The van der Waals surface area contributed by atoms with Crippen LogP contribution in [0, 0.1) is 0 Å². The molecule has 1 aromatic rings. The molecule has 0 N–H and O–H groups in total. The van der Waals surface area contributed by atoms with Crippen LogP contribution in [0.2, 0.25) is 0 Å². The Morgan fingerprint density at radius 3 is 2.85 bits per heavy atom. The lowest BCUT2D eigenvalue weighted by atomic mass is 10.3. The summed E-state index contributed by atoms with van der Waals surface area (Å²) in [7, 11) is 0. The van der Waals surface area contributed by atoms with Crippen molar-refractivity contribution in [1.82, 2.24) is 0 Å². The lowest BCUT2D eigenvalue weighted by Crippen LogP contribution is -1.89. The molecule has 2 nitrogen and oxygen atoms in total. The molecule has 1 rings (SSSR count). The van der Waals surface area contributed by atoms with Gasteiger partial charge >= 0.3 is 0 Å². The second-order valence-corrected chi connectivity index (χ2v) is 4.20. The van der Waals surface area contributed by atoms with E-state index in [4.69, 9.17) is 8.60 Å². The first-order valence-electron chi connectivity index (χ1n) is 4.26. The molecular formula is C10H14O2S. The Morgan fingerprint density at radius 2 is 2.38 bits per heavy atom. The third-order valence-electron chi connectivity index (χ3n) is 1.40. The zero-order valence-corrected chi connectivity index (χ0v) is 8.93. The molecule has 3 heteroatoms. The SMILES string of the molecule is CC=C(OSC(C)C)c1ccoc1. The van der Waals surface area contributed by atoms with Crippen molar-refractivity contribution in [3.05, 3.63) is 30.2 Å². The lowest BCUT2D eigenvalue weighted by Gasteiger charge is -2.07. The molecule has 0 saturated heterocycles. The molecule has 0 bridgehead atoms. The van der Waals surface area contributed by atoms with E-state index >= 15 is 0 Å². The second kappa shape index (κ2) is 5.02. The molecular weight excluding hydrogens is 184 g/mol. The van der Waals surface area contributed by atoms with Crippen LogP contribution < -0.4 is 0 Å². The average molecular weight is 198 g/mol. The predicted octanol–water partition coefficient (Wildman–Crippen LogP) is 3.71. The Balaban J connectivity index is 2.56. The van der Waals surface area contributed by atoms with Crippen molar-refractivity contribution in [1.29, 1.82) is 0 Å². The Labute approximate surface area is 83.2 Å². The van der Waals surface area contributed by atoms with E-state index in [1.807, 2.05) is 19.1 Å². The Morgan fingerprint density at radius 1 is 1.62 bits per heavy atom. The molecule has 0 aliphatic rings. The van der Waals surface area contributed by atoms with Gasteiger partial charge in [0.25, 0.3) is 0 Å². The zero-order chi connectivity index (χ0) is 9.68. The number of allylic oxidation sites excluding steroid dienone is 1. The Kier molecular flexibility index (Phi) is 3.96. The van der Waals surface area contributed by atoms with Gasteiger partial charge in [0, 0.05) is 5.25 Å². The summed E-state index contributed by atoms with van der Waals surface area (Å²) < 4.78 is 10.5. The van der Waals surface area contributed by atoms with Gasteiger partial charge in [-0.15, -0.1) is 0 Å². The second-order valence-electron chi connectivity index (χ2n) is 2.89. The van der Waals surface area contributed by atoms with Crippen LogP contribution >= 0.6 is 12.0 Å². The van der Waals surface area contributed by atoms with E-state index in [2.05, 4.69) is 13.8 Å². The summed E-state index contributed by atoms with van der Waals surface area (Å²) in [5, 5.41) is 0.460. The minimum atomic E-state index is 0.460. The topological polar surface area (TPSA) is 22.4 Å². The molecule has 0 fully saturated rings. The maximum Gasteiger partial charge on any atom is 0.143 e. The molecule has 1 aromatic heterocycles. The van der Waals surface area contributed by atoms with E-state index in [1.165, 1.54) is 12.0 Å². The molecule has 0 aromatic carbocycles. The van der Waals surface area contributed by atoms with Crippen LogP contribution in [0.5, 0.6) is 0 Å². The molecule has 0 atom stereocenters.